The normalized spacial score (nSPS) is 10.4. The number of aromatic amines is 2. The summed E-state index contributed by atoms with van der Waals surface area (Å²) in [6.07, 6.45) is 6.47. The molecule has 5 N–H and O–H groups in total. The Balaban J connectivity index is 1.82. The van der Waals surface area contributed by atoms with Gasteiger partial charge >= 0.3 is 0 Å². The molecule has 0 spiro atoms. The van der Waals surface area contributed by atoms with Crippen LogP contribution in [0.25, 0.3) is 11.3 Å². The lowest BCUT2D eigenvalue weighted by atomic mass is 10.2. The number of nitrogens with one attached hydrogen (secondary N) is 3. The Labute approximate surface area is 113 Å². The molecule has 0 radical (unpaired) electrons. The molecule has 8 nitrogen and oxygen atoms in total. The first kappa shape index (κ1) is 11.9. The molecule has 3 aromatic heterocycles. The lowest BCUT2D eigenvalue weighted by Gasteiger charge is -2.05. The highest BCUT2D eigenvalue weighted by molar-refractivity contribution is 5.97. The summed E-state index contributed by atoms with van der Waals surface area (Å²) in [6.45, 7) is 0. The fourth-order valence-corrected chi connectivity index (χ4v) is 1.74. The summed E-state index contributed by atoms with van der Waals surface area (Å²) in [7, 11) is 0. The first-order valence-corrected chi connectivity index (χ1v) is 5.79. The van der Waals surface area contributed by atoms with E-state index < -0.39 is 5.91 Å². The molecule has 0 aliphatic carbocycles. The highest BCUT2D eigenvalue weighted by Crippen LogP contribution is 2.20. The summed E-state index contributed by atoms with van der Waals surface area (Å²) >= 11 is 0. The van der Waals surface area contributed by atoms with Crippen molar-refractivity contribution in [1.29, 1.82) is 0 Å². The van der Waals surface area contributed by atoms with Gasteiger partial charge in [-0.2, -0.15) is 10.2 Å². The number of nitrogens with two attached hydrogens (primary N) is 1. The van der Waals surface area contributed by atoms with Crippen molar-refractivity contribution in [2.24, 2.45) is 5.73 Å². The number of hydrogen-bond donors (Lipinski definition) is 4. The lowest BCUT2D eigenvalue weighted by Crippen LogP contribution is -2.12. The molecule has 1 amide bonds. The zero-order chi connectivity index (χ0) is 13.9. The number of pyridine rings is 1. The molecular formula is C12H11N7O. The van der Waals surface area contributed by atoms with Crippen LogP contribution >= 0.6 is 0 Å². The van der Waals surface area contributed by atoms with E-state index in [0.717, 1.165) is 11.3 Å². The molecule has 0 unspecified atom stereocenters. The summed E-state index contributed by atoms with van der Waals surface area (Å²) in [5.74, 6) is -0.111. The molecule has 0 saturated heterocycles. The Kier molecular flexibility index (Phi) is 2.88. The quantitative estimate of drug-likeness (QED) is 0.563. The number of H-pyrrole nitrogens is 2. The van der Waals surface area contributed by atoms with Crippen LogP contribution in [0.3, 0.4) is 0 Å². The minimum atomic E-state index is -0.552. The third-order valence-electron chi connectivity index (χ3n) is 2.73. The number of aromatic nitrogens is 5. The van der Waals surface area contributed by atoms with E-state index in [2.05, 4.69) is 30.7 Å². The lowest BCUT2D eigenvalue weighted by molar-refractivity contribution is 0.100. The molecule has 8 heteroatoms. The van der Waals surface area contributed by atoms with E-state index in [9.17, 15) is 4.79 Å². The maximum atomic E-state index is 11.2. The van der Waals surface area contributed by atoms with Crippen LogP contribution in [-0.2, 0) is 0 Å². The monoisotopic (exact) mass is 269 g/mol. The van der Waals surface area contributed by atoms with Gasteiger partial charge in [-0.3, -0.25) is 20.0 Å². The zero-order valence-corrected chi connectivity index (χ0v) is 10.3. The van der Waals surface area contributed by atoms with Crippen LogP contribution in [0.5, 0.6) is 0 Å². The van der Waals surface area contributed by atoms with Crippen molar-refractivity contribution in [2.75, 3.05) is 5.32 Å². The van der Waals surface area contributed by atoms with Gasteiger partial charge in [0.1, 0.15) is 11.4 Å². The summed E-state index contributed by atoms with van der Waals surface area (Å²) in [6, 6.07) is 3.68. The molecule has 0 atom stereocenters. The van der Waals surface area contributed by atoms with Crippen LogP contribution in [0.2, 0.25) is 0 Å². The third-order valence-corrected chi connectivity index (χ3v) is 2.73. The minimum Gasteiger partial charge on any atom is -0.365 e. The van der Waals surface area contributed by atoms with Gasteiger partial charge in [-0.25, -0.2) is 0 Å². The number of hydrogen-bond acceptors (Lipinski definition) is 5. The Morgan fingerprint density at radius 2 is 2.10 bits per heavy atom. The predicted octanol–water partition coefficient (Wildman–Crippen LogP) is 1.04. The van der Waals surface area contributed by atoms with Crippen molar-refractivity contribution in [3.05, 3.63) is 42.5 Å². The van der Waals surface area contributed by atoms with Gasteiger partial charge in [-0.1, -0.05) is 0 Å². The molecule has 0 bridgehead atoms. The van der Waals surface area contributed by atoms with Crippen LogP contribution in [0.15, 0.2) is 36.9 Å². The van der Waals surface area contributed by atoms with Crippen LogP contribution < -0.4 is 11.1 Å². The van der Waals surface area contributed by atoms with Gasteiger partial charge < -0.3 is 11.1 Å². The SMILES string of the molecule is NC(=O)c1cn[nH]c1Nc1ccc(-c2cn[nH]c2)nc1. The zero-order valence-electron chi connectivity index (χ0n) is 10.3. The highest BCUT2D eigenvalue weighted by atomic mass is 16.1. The Morgan fingerprint density at radius 1 is 1.20 bits per heavy atom. The van der Waals surface area contributed by atoms with Gasteiger partial charge in [-0.05, 0) is 12.1 Å². The van der Waals surface area contributed by atoms with Gasteiger partial charge in [0.25, 0.3) is 5.91 Å². The second-order valence-electron chi connectivity index (χ2n) is 4.07. The number of rotatable bonds is 4. The van der Waals surface area contributed by atoms with Gasteiger partial charge in [0.15, 0.2) is 0 Å². The standard InChI is InChI=1S/C12H11N7O/c13-11(20)9-6-17-19-12(9)18-8-1-2-10(14-5-8)7-3-15-16-4-7/h1-6H,(H2,13,20)(H,15,16)(H2,17,18,19). The average molecular weight is 269 g/mol. The van der Waals surface area contributed by atoms with Crippen molar-refractivity contribution in [2.45, 2.75) is 0 Å². The number of nitrogens with zero attached hydrogens (tertiary/aromatic N) is 3. The van der Waals surface area contributed by atoms with Gasteiger partial charge in [-0.15, -0.1) is 0 Å². The second kappa shape index (κ2) is 4.84. The van der Waals surface area contributed by atoms with E-state index in [1.807, 2.05) is 12.1 Å². The number of primary amides is 1. The molecule has 3 rings (SSSR count). The van der Waals surface area contributed by atoms with E-state index in [4.69, 9.17) is 5.73 Å². The first-order valence-electron chi connectivity index (χ1n) is 5.79. The Bertz CT molecular complexity index is 715. The average Bonchev–Trinajstić information content (AvgIpc) is 3.10. The topological polar surface area (TPSA) is 125 Å². The van der Waals surface area contributed by atoms with Crippen LogP contribution in [0.4, 0.5) is 11.5 Å². The molecule has 3 aromatic rings. The van der Waals surface area contributed by atoms with Crippen molar-refractivity contribution < 1.29 is 4.79 Å². The predicted molar refractivity (Wildman–Crippen MR) is 72.2 cm³/mol. The molecular weight excluding hydrogens is 258 g/mol. The second-order valence-corrected chi connectivity index (χ2v) is 4.07. The van der Waals surface area contributed by atoms with E-state index in [0.29, 0.717) is 17.1 Å². The fraction of sp³-hybridized carbons (Fsp3) is 0. The van der Waals surface area contributed by atoms with E-state index in [1.165, 1.54) is 6.20 Å². The maximum Gasteiger partial charge on any atom is 0.254 e. The van der Waals surface area contributed by atoms with Gasteiger partial charge in [0, 0.05) is 11.8 Å². The van der Waals surface area contributed by atoms with Crippen LogP contribution in [0, 0.1) is 0 Å². The Morgan fingerprint density at radius 3 is 2.75 bits per heavy atom. The van der Waals surface area contributed by atoms with E-state index in [-0.39, 0.29) is 0 Å². The van der Waals surface area contributed by atoms with Crippen molar-refractivity contribution in [1.82, 2.24) is 25.4 Å². The summed E-state index contributed by atoms with van der Waals surface area (Å²) < 4.78 is 0. The van der Waals surface area contributed by atoms with Gasteiger partial charge in [0.05, 0.1) is 30.0 Å². The maximum absolute atomic E-state index is 11.2. The van der Waals surface area contributed by atoms with Crippen LogP contribution in [-0.4, -0.2) is 31.3 Å². The van der Waals surface area contributed by atoms with Crippen molar-refractivity contribution in [3.63, 3.8) is 0 Å². The van der Waals surface area contributed by atoms with Crippen molar-refractivity contribution >= 4 is 17.4 Å². The molecule has 0 aliphatic rings. The fourth-order valence-electron chi connectivity index (χ4n) is 1.74. The summed E-state index contributed by atoms with van der Waals surface area (Å²) in [5, 5.41) is 16.0. The molecule has 0 saturated carbocycles. The summed E-state index contributed by atoms with van der Waals surface area (Å²) in [4.78, 5) is 15.5. The molecule has 0 aromatic carbocycles. The molecule has 3 heterocycles. The number of anilines is 2. The summed E-state index contributed by atoms with van der Waals surface area (Å²) in [5.41, 5.74) is 7.94. The Hall–Kier alpha value is -3.16. The van der Waals surface area contributed by atoms with Crippen LogP contribution in [0.1, 0.15) is 10.4 Å². The van der Waals surface area contributed by atoms with E-state index >= 15 is 0 Å². The molecule has 0 fully saturated rings. The first-order chi connectivity index (χ1) is 9.74. The number of carbonyl (C=O) groups excluding carboxylic acids is 1. The van der Waals surface area contributed by atoms with Gasteiger partial charge in [0.2, 0.25) is 0 Å². The third kappa shape index (κ3) is 2.21. The van der Waals surface area contributed by atoms with Crippen molar-refractivity contribution in [3.8, 4) is 11.3 Å². The smallest absolute Gasteiger partial charge is 0.254 e. The van der Waals surface area contributed by atoms with E-state index in [1.54, 1.807) is 18.6 Å². The molecule has 100 valence electrons. The minimum absolute atomic E-state index is 0.295. The highest BCUT2D eigenvalue weighted by Gasteiger charge is 2.10. The largest absolute Gasteiger partial charge is 0.365 e. The molecule has 0 aliphatic heterocycles. The number of amides is 1. The number of carbonyl (C=O) groups is 1. The molecule has 20 heavy (non-hydrogen) atoms.